The maximum absolute atomic E-state index is 13.2. The monoisotopic (exact) mass is 1220 g/mol. The Labute approximate surface area is 494 Å². The first-order chi connectivity index (χ1) is 39.7. The van der Waals surface area contributed by atoms with Gasteiger partial charge in [-0.25, -0.2) is 9.59 Å². The lowest BCUT2D eigenvalue weighted by Crippen LogP contribution is -2.72. The molecule has 4 heterocycles. The van der Waals surface area contributed by atoms with Gasteiger partial charge in [-0.15, -0.1) is 0 Å². The first-order valence-corrected chi connectivity index (χ1v) is 30.0. The number of aliphatic hydroxyl groups excluding tert-OH is 14. The van der Waals surface area contributed by atoms with Gasteiger partial charge >= 0.3 is 11.9 Å². The molecule has 0 aromatic carbocycles. The van der Waals surface area contributed by atoms with Crippen molar-refractivity contribution in [2.45, 2.75) is 261 Å². The van der Waals surface area contributed by atoms with E-state index in [1.54, 1.807) is 19.9 Å². The summed E-state index contributed by atoms with van der Waals surface area (Å²) in [5, 5.41) is 167. The highest BCUT2D eigenvalue weighted by molar-refractivity contribution is 5.87. The summed E-state index contributed by atoms with van der Waals surface area (Å²) in [5.41, 5.74) is -3.11. The Morgan fingerprint density at radius 1 is 0.635 bits per heavy atom. The molecule has 15 N–H and O–H groups in total. The van der Waals surface area contributed by atoms with Gasteiger partial charge in [0.2, 0.25) is 0 Å². The second-order valence-corrected chi connectivity index (χ2v) is 27.9. The first kappa shape index (κ1) is 66.9. The lowest BCUT2D eigenvalue weighted by Gasteiger charge is -2.72. The van der Waals surface area contributed by atoms with E-state index < -0.39 is 217 Å². The molecular weight excluding hydrogens is 1120 g/mol. The van der Waals surface area contributed by atoms with Gasteiger partial charge in [0.25, 0.3) is 0 Å². The molecule has 4 aliphatic heterocycles. The quantitative estimate of drug-likeness (QED) is 0.0387. The molecule has 0 amide bonds. The summed E-state index contributed by atoms with van der Waals surface area (Å²) in [7, 11) is 0. The predicted octanol–water partition coefficient (Wildman–Crippen LogP) is -2.01. The van der Waals surface area contributed by atoms with E-state index in [4.69, 9.17) is 42.6 Å². The van der Waals surface area contributed by atoms with Crippen LogP contribution in [0.1, 0.15) is 114 Å². The molecule has 85 heavy (non-hydrogen) atoms. The summed E-state index contributed by atoms with van der Waals surface area (Å²) < 4.78 is 55.1. The maximum atomic E-state index is 13.2. The van der Waals surface area contributed by atoms with Crippen LogP contribution in [-0.4, -0.2) is 256 Å². The van der Waals surface area contributed by atoms with Gasteiger partial charge in [-0.05, 0) is 105 Å². The van der Waals surface area contributed by atoms with E-state index in [9.17, 15) is 86.2 Å². The number of aliphatic hydroxyl groups is 14. The van der Waals surface area contributed by atoms with E-state index in [1.165, 1.54) is 6.92 Å². The first-order valence-electron chi connectivity index (χ1n) is 30.0. The third-order valence-corrected chi connectivity index (χ3v) is 22.7. The van der Waals surface area contributed by atoms with E-state index in [0.29, 0.717) is 44.1 Å². The Kier molecular flexibility index (Phi) is 19.1. The number of hydrogen-bond donors (Lipinski definition) is 15. The number of ether oxygens (including phenoxy) is 9. The molecule has 31 atom stereocenters. The average Bonchev–Trinajstić information content (AvgIpc) is 0.704. The van der Waals surface area contributed by atoms with Gasteiger partial charge in [-0.2, -0.15) is 0 Å². The van der Waals surface area contributed by atoms with Gasteiger partial charge < -0.3 is 119 Å². The molecule has 9 aliphatic rings. The smallest absolute Gasteiger partial charge is 0.335 e. The molecule has 31 unspecified atom stereocenters. The number of aliphatic carboxylic acids is 1. The van der Waals surface area contributed by atoms with Crippen LogP contribution in [0.25, 0.3) is 0 Å². The number of esters is 1. The van der Waals surface area contributed by atoms with Gasteiger partial charge in [-0.1, -0.05) is 66.2 Å². The summed E-state index contributed by atoms with van der Waals surface area (Å²) in [4.78, 5) is 26.4. The van der Waals surface area contributed by atoms with Crippen LogP contribution in [0.2, 0.25) is 0 Å². The molecule has 0 aromatic rings. The predicted molar refractivity (Wildman–Crippen MR) is 289 cm³/mol. The van der Waals surface area contributed by atoms with Crippen LogP contribution in [0, 0.1) is 50.2 Å². The van der Waals surface area contributed by atoms with Gasteiger partial charge in [0.15, 0.2) is 31.3 Å². The molecule has 0 aromatic heterocycles. The van der Waals surface area contributed by atoms with Crippen LogP contribution in [0.3, 0.4) is 0 Å². The number of carbonyl (C=O) groups excluding carboxylic acids is 1. The van der Waals surface area contributed by atoms with Crippen LogP contribution in [0.5, 0.6) is 0 Å². The summed E-state index contributed by atoms with van der Waals surface area (Å²) in [6.07, 6.45) is -35.1. The Morgan fingerprint density at radius 2 is 1.20 bits per heavy atom. The second kappa shape index (κ2) is 24.3. The Balaban J connectivity index is 1.04. The van der Waals surface area contributed by atoms with Crippen molar-refractivity contribution in [2.24, 2.45) is 50.2 Å². The van der Waals surface area contributed by atoms with Crippen LogP contribution in [0.15, 0.2) is 23.3 Å². The number of fused-ring (bicyclic) bond motifs is 7. The molecule has 5 aliphatic carbocycles. The minimum Gasteiger partial charge on any atom is -0.479 e. The maximum Gasteiger partial charge on any atom is 0.335 e. The number of carbonyl (C=O) groups is 2. The van der Waals surface area contributed by atoms with E-state index >= 15 is 0 Å². The van der Waals surface area contributed by atoms with E-state index in [-0.39, 0.29) is 18.3 Å². The number of allylic oxidation sites excluding steroid dienone is 3. The van der Waals surface area contributed by atoms with Crippen molar-refractivity contribution in [1.82, 2.24) is 0 Å². The fourth-order valence-electron chi connectivity index (χ4n) is 17.3. The van der Waals surface area contributed by atoms with Crippen LogP contribution < -0.4 is 0 Å². The lowest BCUT2D eigenvalue weighted by atomic mass is 9.33. The molecule has 9 rings (SSSR count). The molecule has 26 heteroatoms. The van der Waals surface area contributed by atoms with E-state index in [1.807, 2.05) is 27.7 Å². The van der Waals surface area contributed by atoms with Crippen LogP contribution in [0.4, 0.5) is 0 Å². The summed E-state index contributed by atoms with van der Waals surface area (Å²) in [5.74, 6) is -2.91. The molecule has 26 nitrogen and oxygen atoms in total. The summed E-state index contributed by atoms with van der Waals surface area (Å²) >= 11 is 0. The normalized spacial score (nSPS) is 52.4. The third kappa shape index (κ3) is 10.8. The second-order valence-electron chi connectivity index (χ2n) is 27.9. The van der Waals surface area contributed by atoms with Gasteiger partial charge in [-0.3, -0.25) is 0 Å². The van der Waals surface area contributed by atoms with Gasteiger partial charge in [0.05, 0.1) is 43.5 Å². The van der Waals surface area contributed by atoms with Crippen molar-refractivity contribution in [3.05, 3.63) is 23.3 Å². The Bertz CT molecular complexity index is 2460. The molecule has 0 radical (unpaired) electrons. The number of carboxylic acids is 1. The molecule has 4 saturated heterocycles. The minimum atomic E-state index is -2.28. The third-order valence-electron chi connectivity index (χ3n) is 22.7. The molecular formula is C59H94O26. The molecule has 0 spiro atoms. The SMILES string of the molecule is CC=C(C)C(=O)OC1C(O)C2(CO)C(O)CC3(C)C(=CCC4C5(C)CCC(OC6OC(C(=O)O)C(O)C(OC7OC(CO)C(O)C(O)C7OC7OC(C)C(O)C(O)C7O)C6OC6OC(CO)C(O)C(O)C6O)C(C)(C)C5CCC43C)C2CC1(C)C. The van der Waals surface area contributed by atoms with Crippen LogP contribution in [-0.2, 0) is 52.2 Å². The molecule has 486 valence electrons. The van der Waals surface area contributed by atoms with Crippen molar-refractivity contribution >= 4 is 11.9 Å². The topological polar surface area (TPSA) is 421 Å². The standard InChI is InChI=1S/C59H94O26/c1-11-23(2)49(76)85-47-46(73)59(22-62)26(18-54(47,4)5)25-12-13-30-56(8)16-15-32(55(6,7)29(56)14-17-57(30,9)58(25,10)19-31(59)63)80-53-45(84-51-40(71)37(68)34(65)27(20-60)78-51)42(41(72)43(82-53)48(74)75)81-52-44(38(69)35(66)28(21-61)79-52)83-50-39(70)36(67)33(64)24(3)77-50/h11-12,24,26-47,50-53,60-73H,13-22H2,1-10H3,(H,74,75). The van der Waals surface area contributed by atoms with Crippen LogP contribution >= 0.6 is 0 Å². The fourth-order valence-corrected chi connectivity index (χ4v) is 17.3. The molecule has 8 fully saturated rings. The lowest BCUT2D eigenvalue weighted by molar-refractivity contribution is -0.406. The Morgan fingerprint density at radius 3 is 1.80 bits per heavy atom. The van der Waals surface area contributed by atoms with E-state index in [0.717, 1.165) is 5.57 Å². The highest BCUT2D eigenvalue weighted by Crippen LogP contribution is 2.76. The summed E-state index contributed by atoms with van der Waals surface area (Å²) in [6, 6.07) is 0. The number of carboxylic acid groups (broad SMARTS) is 1. The average molecular weight is 1220 g/mol. The zero-order chi connectivity index (χ0) is 62.7. The highest BCUT2D eigenvalue weighted by atomic mass is 16.8. The zero-order valence-electron chi connectivity index (χ0n) is 50.0. The van der Waals surface area contributed by atoms with Gasteiger partial charge in [0, 0.05) is 11.0 Å². The van der Waals surface area contributed by atoms with Crippen molar-refractivity contribution in [3.63, 3.8) is 0 Å². The largest absolute Gasteiger partial charge is 0.479 e. The van der Waals surface area contributed by atoms with E-state index in [2.05, 4.69) is 26.8 Å². The Hall–Kier alpha value is -2.46. The number of rotatable bonds is 14. The van der Waals surface area contributed by atoms with Crippen molar-refractivity contribution in [2.75, 3.05) is 19.8 Å². The number of hydrogen-bond acceptors (Lipinski definition) is 25. The fraction of sp³-hybridized carbons (Fsp3) is 0.898. The molecule has 0 bridgehead atoms. The molecule has 4 saturated carbocycles. The summed E-state index contributed by atoms with van der Waals surface area (Å²) in [6.45, 7) is 16.9. The minimum absolute atomic E-state index is 0.00274. The van der Waals surface area contributed by atoms with Crippen molar-refractivity contribution < 1.29 is 129 Å². The zero-order valence-corrected chi connectivity index (χ0v) is 50.0. The van der Waals surface area contributed by atoms with Gasteiger partial charge in [0.1, 0.15) is 97.7 Å². The van der Waals surface area contributed by atoms with Crippen molar-refractivity contribution in [1.29, 1.82) is 0 Å². The highest BCUT2D eigenvalue weighted by Gasteiger charge is 2.73. The van der Waals surface area contributed by atoms with Crippen molar-refractivity contribution in [3.8, 4) is 0 Å².